The molecule has 0 aromatic rings. The molecule has 0 bridgehead atoms. The van der Waals surface area contributed by atoms with Gasteiger partial charge in [0.15, 0.2) is 17.9 Å². The highest BCUT2D eigenvalue weighted by Crippen LogP contribution is 2.44. The van der Waals surface area contributed by atoms with E-state index in [2.05, 4.69) is 22.6 Å². The van der Waals surface area contributed by atoms with Crippen molar-refractivity contribution in [3.8, 4) is 0 Å². The van der Waals surface area contributed by atoms with Gasteiger partial charge in [0.1, 0.15) is 18.3 Å². The van der Waals surface area contributed by atoms with Gasteiger partial charge in [0.25, 0.3) is 0 Å². The Morgan fingerprint density at radius 3 is 2.06 bits per heavy atom. The van der Waals surface area contributed by atoms with Gasteiger partial charge < -0.3 is 23.7 Å². The zero-order valence-electron chi connectivity index (χ0n) is 11.0. The molecule has 0 N–H and O–H groups in total. The largest absolute Gasteiger partial charge is 0.343 e. The zero-order chi connectivity index (χ0) is 13.1. The molecule has 104 valence electrons. The van der Waals surface area contributed by atoms with E-state index in [9.17, 15) is 0 Å². The summed E-state index contributed by atoms with van der Waals surface area (Å²) in [6.45, 7) is 7.63. The maximum atomic E-state index is 5.98. The van der Waals surface area contributed by atoms with Crippen LogP contribution < -0.4 is 0 Å². The van der Waals surface area contributed by atoms with Crippen molar-refractivity contribution in [1.29, 1.82) is 0 Å². The van der Waals surface area contributed by atoms with Gasteiger partial charge in [-0.1, -0.05) is 22.6 Å². The van der Waals surface area contributed by atoms with Crippen molar-refractivity contribution in [2.24, 2.45) is 0 Å². The van der Waals surface area contributed by atoms with Gasteiger partial charge in [0, 0.05) is 4.43 Å². The van der Waals surface area contributed by atoms with Crippen LogP contribution in [0.1, 0.15) is 27.7 Å². The van der Waals surface area contributed by atoms with Crippen molar-refractivity contribution in [2.75, 3.05) is 4.43 Å². The van der Waals surface area contributed by atoms with Crippen LogP contribution in [0.4, 0.5) is 0 Å². The Balaban J connectivity index is 1.86. The Morgan fingerprint density at radius 1 is 0.833 bits per heavy atom. The molecule has 5 nitrogen and oxygen atoms in total. The fraction of sp³-hybridized carbons (Fsp3) is 1.00. The Hall–Kier alpha value is 0.530. The van der Waals surface area contributed by atoms with Crippen LogP contribution in [0.3, 0.4) is 0 Å². The predicted octanol–water partition coefficient (Wildman–Crippen LogP) is 1.82. The average molecular weight is 370 g/mol. The van der Waals surface area contributed by atoms with Gasteiger partial charge in [-0.15, -0.1) is 0 Å². The number of halogens is 1. The second kappa shape index (κ2) is 4.26. The van der Waals surface area contributed by atoms with Crippen LogP contribution in [0.25, 0.3) is 0 Å². The van der Waals surface area contributed by atoms with Crippen LogP contribution in [0.5, 0.6) is 0 Å². The molecule has 0 aromatic carbocycles. The molecule has 0 unspecified atom stereocenters. The molecule has 18 heavy (non-hydrogen) atoms. The van der Waals surface area contributed by atoms with Crippen LogP contribution in [0, 0.1) is 0 Å². The van der Waals surface area contributed by atoms with E-state index in [1.54, 1.807) is 0 Å². The Morgan fingerprint density at radius 2 is 1.39 bits per heavy atom. The minimum absolute atomic E-state index is 0.0175. The van der Waals surface area contributed by atoms with Crippen LogP contribution in [-0.4, -0.2) is 46.7 Å². The third-order valence-electron chi connectivity index (χ3n) is 3.40. The molecule has 0 spiro atoms. The van der Waals surface area contributed by atoms with Crippen LogP contribution in [0.15, 0.2) is 0 Å². The van der Waals surface area contributed by atoms with Gasteiger partial charge in [-0.2, -0.15) is 0 Å². The van der Waals surface area contributed by atoms with Gasteiger partial charge in [0.2, 0.25) is 0 Å². The smallest absolute Gasteiger partial charge is 0.190 e. The summed E-state index contributed by atoms with van der Waals surface area (Å²) in [7, 11) is 0. The van der Waals surface area contributed by atoms with Gasteiger partial charge >= 0.3 is 0 Å². The number of alkyl halides is 1. The van der Waals surface area contributed by atoms with E-state index < -0.39 is 11.6 Å². The fourth-order valence-corrected chi connectivity index (χ4v) is 3.53. The van der Waals surface area contributed by atoms with E-state index in [0.717, 1.165) is 4.43 Å². The second-order valence-corrected chi connectivity index (χ2v) is 6.74. The molecule has 0 aromatic heterocycles. The topological polar surface area (TPSA) is 46.2 Å². The molecule has 3 heterocycles. The van der Waals surface area contributed by atoms with Crippen molar-refractivity contribution < 1.29 is 23.7 Å². The molecule has 6 heteroatoms. The van der Waals surface area contributed by atoms with E-state index >= 15 is 0 Å². The highest BCUT2D eigenvalue weighted by molar-refractivity contribution is 14.1. The lowest BCUT2D eigenvalue weighted by Gasteiger charge is -2.36. The van der Waals surface area contributed by atoms with Gasteiger partial charge in [-0.25, -0.2) is 0 Å². The summed E-state index contributed by atoms with van der Waals surface area (Å²) < 4.78 is 30.4. The van der Waals surface area contributed by atoms with Crippen molar-refractivity contribution in [1.82, 2.24) is 0 Å². The summed E-state index contributed by atoms with van der Waals surface area (Å²) in [5.41, 5.74) is 0. The summed E-state index contributed by atoms with van der Waals surface area (Å²) in [5, 5.41) is 0. The molecule has 3 aliphatic rings. The minimum atomic E-state index is -0.629. The zero-order valence-corrected chi connectivity index (χ0v) is 13.2. The summed E-state index contributed by atoms with van der Waals surface area (Å²) in [4.78, 5) is 0. The van der Waals surface area contributed by atoms with Crippen LogP contribution >= 0.6 is 22.6 Å². The maximum absolute atomic E-state index is 5.98. The first-order chi connectivity index (χ1) is 8.31. The molecule has 0 saturated carbocycles. The molecule has 5 atom stereocenters. The average Bonchev–Trinajstić information content (AvgIpc) is 2.71. The first-order valence-corrected chi connectivity index (χ1v) is 7.77. The van der Waals surface area contributed by atoms with Crippen molar-refractivity contribution in [3.63, 3.8) is 0 Å². The summed E-state index contributed by atoms with van der Waals surface area (Å²) in [6.07, 6.45) is -0.809. The number of ether oxygens (including phenoxy) is 5. The Kier molecular flexibility index (Phi) is 3.20. The quantitative estimate of drug-likeness (QED) is 0.521. The highest BCUT2D eigenvalue weighted by Gasteiger charge is 2.60. The molecule has 0 aliphatic carbocycles. The molecule has 3 saturated heterocycles. The van der Waals surface area contributed by atoms with E-state index in [4.69, 9.17) is 23.7 Å². The van der Waals surface area contributed by atoms with Crippen molar-refractivity contribution in [3.05, 3.63) is 0 Å². The number of hydrogen-bond donors (Lipinski definition) is 0. The maximum Gasteiger partial charge on any atom is 0.190 e. The standard InChI is InChI=1S/C12H19IO5/c1-11(2)15-7-6(5-13)14-10-9(8(7)16-11)17-12(3,4)18-10/h6-10H,5H2,1-4H3/t6-,7-,8+,9+,10-/m0/s1. The fourth-order valence-electron chi connectivity index (χ4n) is 2.82. The van der Waals surface area contributed by atoms with Gasteiger partial charge in [-0.05, 0) is 27.7 Å². The monoisotopic (exact) mass is 370 g/mol. The number of rotatable bonds is 1. The summed E-state index contributed by atoms with van der Waals surface area (Å²) in [6, 6.07) is 0. The van der Waals surface area contributed by atoms with E-state index in [1.807, 2.05) is 27.7 Å². The SMILES string of the molecule is CC1(C)O[C@@H]2[C@@H](O1)[C@H](CI)O[C@H]1OC(C)(C)O[C@@H]12. The normalized spacial score (nSPS) is 48.8. The van der Waals surface area contributed by atoms with Crippen molar-refractivity contribution >= 4 is 22.6 Å². The van der Waals surface area contributed by atoms with Crippen LogP contribution in [0.2, 0.25) is 0 Å². The lowest BCUT2D eigenvalue weighted by Crippen LogP contribution is -2.55. The lowest BCUT2D eigenvalue weighted by molar-refractivity contribution is -0.227. The third-order valence-corrected chi connectivity index (χ3v) is 4.27. The lowest BCUT2D eigenvalue weighted by atomic mass is 10.0. The van der Waals surface area contributed by atoms with Crippen LogP contribution in [-0.2, 0) is 23.7 Å². The predicted molar refractivity (Wildman–Crippen MR) is 71.4 cm³/mol. The number of hydrogen-bond acceptors (Lipinski definition) is 5. The van der Waals surface area contributed by atoms with Crippen molar-refractivity contribution in [2.45, 2.75) is 70.0 Å². The Labute approximate surface area is 121 Å². The first kappa shape index (κ1) is 13.5. The van der Waals surface area contributed by atoms with E-state index in [0.29, 0.717) is 0 Å². The molecule has 0 radical (unpaired) electrons. The Bertz CT molecular complexity index is 345. The van der Waals surface area contributed by atoms with Gasteiger partial charge in [0.05, 0.1) is 6.10 Å². The molecule has 3 aliphatic heterocycles. The molecular formula is C12H19IO5. The molecule has 3 rings (SSSR count). The summed E-state index contributed by atoms with van der Waals surface area (Å²) >= 11 is 2.30. The molecule has 3 fully saturated rings. The second-order valence-electron chi connectivity index (χ2n) is 5.86. The summed E-state index contributed by atoms with van der Waals surface area (Å²) in [5.74, 6) is -1.22. The highest BCUT2D eigenvalue weighted by atomic mass is 127. The first-order valence-electron chi connectivity index (χ1n) is 6.24. The minimum Gasteiger partial charge on any atom is -0.343 e. The van der Waals surface area contributed by atoms with E-state index in [-0.39, 0.29) is 30.7 Å². The molecule has 0 amide bonds. The third kappa shape index (κ3) is 2.20. The molecular weight excluding hydrogens is 351 g/mol. The van der Waals surface area contributed by atoms with Gasteiger partial charge in [-0.3, -0.25) is 0 Å². The van der Waals surface area contributed by atoms with E-state index in [1.165, 1.54) is 0 Å². The number of fused-ring (bicyclic) bond motifs is 3.